The summed E-state index contributed by atoms with van der Waals surface area (Å²) < 4.78 is 18.9. The van der Waals surface area contributed by atoms with Crippen molar-refractivity contribution in [2.24, 2.45) is 5.10 Å². The van der Waals surface area contributed by atoms with Crippen LogP contribution in [0, 0.1) is 5.82 Å². The Morgan fingerprint density at radius 3 is 2.48 bits per heavy atom. The quantitative estimate of drug-likeness (QED) is 0.369. The normalized spacial score (nSPS) is 10.5. The summed E-state index contributed by atoms with van der Waals surface area (Å²) in [5.41, 5.74) is 3.65. The molecule has 3 rings (SSSR count). The van der Waals surface area contributed by atoms with E-state index < -0.39 is 17.8 Å². The summed E-state index contributed by atoms with van der Waals surface area (Å²) in [6.45, 7) is -0.345. The highest BCUT2D eigenvalue weighted by molar-refractivity contribution is 6.32. The SMILES string of the molecule is O=C(COc1ccc(C=NNC(=O)Nc2ccccc2)cc1Cl)Nc1ccccc1F. The van der Waals surface area contributed by atoms with Gasteiger partial charge < -0.3 is 15.4 Å². The van der Waals surface area contributed by atoms with Gasteiger partial charge in [-0.05, 0) is 48.0 Å². The average molecular weight is 441 g/mol. The molecule has 0 saturated heterocycles. The van der Waals surface area contributed by atoms with Gasteiger partial charge in [0.15, 0.2) is 6.61 Å². The van der Waals surface area contributed by atoms with E-state index in [0.717, 1.165) is 0 Å². The molecular weight excluding hydrogens is 423 g/mol. The van der Waals surface area contributed by atoms with Gasteiger partial charge >= 0.3 is 6.03 Å². The number of urea groups is 1. The van der Waals surface area contributed by atoms with Crippen LogP contribution >= 0.6 is 11.6 Å². The van der Waals surface area contributed by atoms with Crippen LogP contribution in [0.2, 0.25) is 5.02 Å². The first kappa shape index (κ1) is 21.8. The molecule has 158 valence electrons. The molecule has 0 aliphatic rings. The molecule has 0 aliphatic carbocycles. The van der Waals surface area contributed by atoms with Crippen LogP contribution < -0.4 is 20.8 Å². The van der Waals surface area contributed by atoms with E-state index in [0.29, 0.717) is 11.3 Å². The topological polar surface area (TPSA) is 91.8 Å². The lowest BCUT2D eigenvalue weighted by molar-refractivity contribution is -0.118. The van der Waals surface area contributed by atoms with Gasteiger partial charge in [-0.1, -0.05) is 41.9 Å². The minimum Gasteiger partial charge on any atom is -0.482 e. The van der Waals surface area contributed by atoms with Crippen LogP contribution in [0.1, 0.15) is 5.56 Å². The zero-order valence-electron chi connectivity index (χ0n) is 16.1. The molecule has 9 heteroatoms. The number of carbonyl (C=O) groups excluding carboxylic acids is 2. The number of hydrazone groups is 1. The Balaban J connectivity index is 1.49. The molecule has 0 atom stereocenters. The summed E-state index contributed by atoms with van der Waals surface area (Å²) in [5, 5.41) is 9.14. The number of benzene rings is 3. The molecule has 3 aromatic carbocycles. The Labute approximate surface area is 182 Å². The lowest BCUT2D eigenvalue weighted by Crippen LogP contribution is -2.24. The summed E-state index contributed by atoms with van der Waals surface area (Å²) in [7, 11) is 0. The van der Waals surface area contributed by atoms with E-state index in [1.54, 1.807) is 48.5 Å². The minimum atomic E-state index is -0.538. The lowest BCUT2D eigenvalue weighted by Gasteiger charge is -2.09. The maximum Gasteiger partial charge on any atom is 0.339 e. The smallest absolute Gasteiger partial charge is 0.339 e. The van der Waals surface area contributed by atoms with E-state index >= 15 is 0 Å². The third-order valence-electron chi connectivity index (χ3n) is 3.87. The van der Waals surface area contributed by atoms with Gasteiger partial charge in [-0.15, -0.1) is 0 Å². The van der Waals surface area contributed by atoms with E-state index in [4.69, 9.17) is 16.3 Å². The second-order valence-electron chi connectivity index (χ2n) is 6.20. The number of halogens is 2. The summed E-state index contributed by atoms with van der Waals surface area (Å²) in [6.07, 6.45) is 1.41. The second kappa shape index (κ2) is 10.7. The average Bonchev–Trinajstić information content (AvgIpc) is 2.75. The van der Waals surface area contributed by atoms with E-state index in [-0.39, 0.29) is 23.1 Å². The van der Waals surface area contributed by atoms with Gasteiger partial charge in [0.1, 0.15) is 11.6 Å². The standard InChI is InChI=1S/C22H18ClFN4O3/c23-17-12-15(13-25-28-22(30)26-16-6-2-1-3-7-16)10-11-20(17)31-14-21(29)27-19-9-5-4-8-18(19)24/h1-13H,14H2,(H,27,29)(H2,26,28,30). The molecule has 3 N–H and O–H groups in total. The molecule has 3 amide bonds. The van der Waals surface area contributed by atoms with Crippen molar-refractivity contribution >= 4 is 41.1 Å². The third kappa shape index (κ3) is 6.83. The lowest BCUT2D eigenvalue weighted by atomic mass is 10.2. The number of anilines is 2. The van der Waals surface area contributed by atoms with Crippen molar-refractivity contribution in [1.82, 2.24) is 5.43 Å². The molecule has 0 radical (unpaired) electrons. The number of nitrogens with one attached hydrogen (secondary N) is 3. The van der Waals surface area contributed by atoms with Crippen molar-refractivity contribution in [3.8, 4) is 5.75 Å². The second-order valence-corrected chi connectivity index (χ2v) is 6.60. The highest BCUT2D eigenvalue weighted by atomic mass is 35.5. The van der Waals surface area contributed by atoms with Crippen LogP contribution in [-0.2, 0) is 4.79 Å². The van der Waals surface area contributed by atoms with Crippen molar-refractivity contribution in [1.29, 1.82) is 0 Å². The molecule has 0 heterocycles. The first-order valence-corrected chi connectivity index (χ1v) is 9.51. The molecule has 0 aromatic heterocycles. The number of amides is 3. The number of para-hydroxylation sites is 2. The Morgan fingerprint density at radius 1 is 1.00 bits per heavy atom. The summed E-state index contributed by atoms with van der Waals surface area (Å²) in [5.74, 6) is -0.790. The molecule has 0 aliphatic heterocycles. The van der Waals surface area contributed by atoms with Gasteiger partial charge in [-0.25, -0.2) is 14.6 Å². The van der Waals surface area contributed by atoms with Gasteiger partial charge in [0.25, 0.3) is 5.91 Å². The van der Waals surface area contributed by atoms with Crippen LogP contribution in [0.3, 0.4) is 0 Å². The number of nitrogens with zero attached hydrogens (tertiary/aromatic N) is 1. The van der Waals surface area contributed by atoms with Crippen molar-refractivity contribution in [2.45, 2.75) is 0 Å². The van der Waals surface area contributed by atoms with Gasteiger partial charge in [0, 0.05) is 5.69 Å². The Bertz CT molecular complexity index is 1090. The highest BCUT2D eigenvalue weighted by Gasteiger charge is 2.09. The Kier molecular flexibility index (Phi) is 7.56. The van der Waals surface area contributed by atoms with Crippen LogP contribution in [0.5, 0.6) is 5.75 Å². The minimum absolute atomic E-state index is 0.0672. The number of hydrogen-bond donors (Lipinski definition) is 3. The van der Waals surface area contributed by atoms with E-state index in [1.165, 1.54) is 24.4 Å². The zero-order chi connectivity index (χ0) is 22.1. The third-order valence-corrected chi connectivity index (χ3v) is 4.17. The van der Waals surface area contributed by atoms with E-state index in [9.17, 15) is 14.0 Å². The Hall–Kier alpha value is -3.91. The number of carbonyl (C=O) groups is 2. The van der Waals surface area contributed by atoms with Crippen LogP contribution in [0.15, 0.2) is 77.9 Å². The maximum absolute atomic E-state index is 13.6. The van der Waals surface area contributed by atoms with E-state index in [1.807, 2.05) is 6.07 Å². The van der Waals surface area contributed by atoms with Gasteiger partial charge in [-0.3, -0.25) is 4.79 Å². The summed E-state index contributed by atoms with van der Waals surface area (Å²) >= 11 is 6.17. The van der Waals surface area contributed by atoms with Crippen molar-refractivity contribution < 1.29 is 18.7 Å². The van der Waals surface area contributed by atoms with Gasteiger partial charge in [0.2, 0.25) is 0 Å². The molecular formula is C22H18ClFN4O3. The number of ether oxygens (including phenoxy) is 1. The molecule has 0 unspecified atom stereocenters. The molecule has 0 spiro atoms. The van der Waals surface area contributed by atoms with Gasteiger partial charge in [-0.2, -0.15) is 5.10 Å². The first-order valence-electron chi connectivity index (χ1n) is 9.13. The van der Waals surface area contributed by atoms with Crippen LogP contribution in [0.25, 0.3) is 0 Å². The van der Waals surface area contributed by atoms with Crippen molar-refractivity contribution in [2.75, 3.05) is 17.2 Å². The fraction of sp³-hybridized carbons (Fsp3) is 0.0455. The predicted octanol–water partition coefficient (Wildman–Crippen LogP) is 4.65. The molecule has 0 saturated carbocycles. The maximum atomic E-state index is 13.6. The molecule has 31 heavy (non-hydrogen) atoms. The number of rotatable bonds is 7. The van der Waals surface area contributed by atoms with Crippen LogP contribution in [0.4, 0.5) is 20.6 Å². The molecule has 0 bridgehead atoms. The van der Waals surface area contributed by atoms with Crippen molar-refractivity contribution in [3.05, 3.63) is 89.2 Å². The fourth-order valence-corrected chi connectivity index (χ4v) is 2.70. The van der Waals surface area contributed by atoms with E-state index in [2.05, 4.69) is 21.2 Å². The Morgan fingerprint density at radius 2 is 1.74 bits per heavy atom. The highest BCUT2D eigenvalue weighted by Crippen LogP contribution is 2.25. The predicted molar refractivity (Wildman–Crippen MR) is 118 cm³/mol. The summed E-state index contributed by atoms with van der Waals surface area (Å²) in [6, 6.07) is 19.0. The molecule has 3 aromatic rings. The summed E-state index contributed by atoms with van der Waals surface area (Å²) in [4.78, 5) is 23.7. The fourth-order valence-electron chi connectivity index (χ4n) is 2.45. The largest absolute Gasteiger partial charge is 0.482 e. The monoisotopic (exact) mass is 440 g/mol. The van der Waals surface area contributed by atoms with Crippen molar-refractivity contribution in [3.63, 3.8) is 0 Å². The van der Waals surface area contributed by atoms with Gasteiger partial charge in [0.05, 0.1) is 16.9 Å². The first-order chi connectivity index (χ1) is 15.0. The zero-order valence-corrected chi connectivity index (χ0v) is 16.9. The molecule has 0 fully saturated rings. The molecule has 7 nitrogen and oxygen atoms in total. The number of hydrogen-bond acceptors (Lipinski definition) is 4. The van der Waals surface area contributed by atoms with Crippen LogP contribution in [-0.4, -0.2) is 24.8 Å².